The summed E-state index contributed by atoms with van der Waals surface area (Å²) in [5, 5.41) is 0. The van der Waals surface area contributed by atoms with Crippen LogP contribution < -0.4 is 0 Å². The van der Waals surface area contributed by atoms with Crippen LogP contribution in [0.25, 0.3) is 0 Å². The van der Waals surface area contributed by atoms with E-state index in [2.05, 4.69) is 0 Å². The Morgan fingerprint density at radius 3 is 2.71 bits per heavy atom. The van der Waals surface area contributed by atoms with Crippen molar-refractivity contribution in [2.24, 2.45) is 0 Å². The average Bonchev–Trinajstić information content (AvgIpc) is 2.91. The highest BCUT2D eigenvalue weighted by Crippen LogP contribution is 2.22. The number of esters is 1. The summed E-state index contributed by atoms with van der Waals surface area (Å²) in [7, 11) is 1.37. The Labute approximate surface area is 101 Å². The lowest BCUT2D eigenvalue weighted by molar-refractivity contribution is -0.158. The number of rotatable bonds is 2. The first-order chi connectivity index (χ1) is 8.24. The Morgan fingerprint density at radius 2 is 2.06 bits per heavy atom. The monoisotopic (exact) mass is 241 g/mol. The molecule has 2 rings (SSSR count). The predicted octanol–water partition coefficient (Wildman–Crippen LogP) is 0.719. The zero-order valence-corrected chi connectivity index (χ0v) is 10.2. The second-order valence-electron chi connectivity index (χ2n) is 4.57. The standard InChI is InChI=1S/C12H19NO4/c1-16-12(15)9-5-2-3-7-13(9)11(14)10-6-4-8-17-10/h9-10H,2-8H2,1H3/t9?,10-/m0/s1. The first-order valence-electron chi connectivity index (χ1n) is 6.24. The van der Waals surface area contributed by atoms with Crippen molar-refractivity contribution < 1.29 is 19.1 Å². The lowest BCUT2D eigenvalue weighted by atomic mass is 10.0. The first-order valence-corrected chi connectivity index (χ1v) is 6.24. The third kappa shape index (κ3) is 2.60. The molecule has 0 N–H and O–H groups in total. The van der Waals surface area contributed by atoms with E-state index in [1.807, 2.05) is 0 Å². The van der Waals surface area contributed by atoms with E-state index in [0.29, 0.717) is 19.6 Å². The highest BCUT2D eigenvalue weighted by molar-refractivity contribution is 5.87. The molecule has 5 heteroatoms. The third-order valence-electron chi connectivity index (χ3n) is 3.46. The van der Waals surface area contributed by atoms with Crippen LogP contribution in [-0.4, -0.2) is 49.2 Å². The summed E-state index contributed by atoms with van der Waals surface area (Å²) in [6, 6.07) is -0.412. The molecule has 1 unspecified atom stereocenters. The van der Waals surface area contributed by atoms with Crippen molar-refractivity contribution in [3.8, 4) is 0 Å². The molecule has 2 aliphatic heterocycles. The summed E-state index contributed by atoms with van der Waals surface area (Å²) in [6.07, 6.45) is 3.96. The summed E-state index contributed by atoms with van der Waals surface area (Å²) in [5.74, 6) is -0.353. The van der Waals surface area contributed by atoms with Crippen LogP contribution in [0.15, 0.2) is 0 Å². The van der Waals surface area contributed by atoms with E-state index in [1.54, 1.807) is 4.90 Å². The van der Waals surface area contributed by atoms with Crippen LogP contribution in [0.4, 0.5) is 0 Å². The molecule has 1 amide bonds. The van der Waals surface area contributed by atoms with Gasteiger partial charge in [0.15, 0.2) is 0 Å². The van der Waals surface area contributed by atoms with Gasteiger partial charge in [-0.05, 0) is 32.1 Å². The first kappa shape index (κ1) is 12.4. The van der Waals surface area contributed by atoms with Crippen molar-refractivity contribution >= 4 is 11.9 Å². The predicted molar refractivity (Wildman–Crippen MR) is 60.3 cm³/mol. The largest absolute Gasteiger partial charge is 0.467 e. The maximum atomic E-state index is 12.2. The van der Waals surface area contributed by atoms with Gasteiger partial charge < -0.3 is 14.4 Å². The van der Waals surface area contributed by atoms with Gasteiger partial charge in [0.05, 0.1) is 7.11 Å². The van der Waals surface area contributed by atoms with Gasteiger partial charge in [-0.1, -0.05) is 0 Å². The Hall–Kier alpha value is -1.10. The summed E-state index contributed by atoms with van der Waals surface area (Å²) in [4.78, 5) is 25.5. The number of methoxy groups -OCH3 is 1. The topological polar surface area (TPSA) is 55.8 Å². The maximum absolute atomic E-state index is 12.2. The SMILES string of the molecule is COC(=O)C1CCCCN1C(=O)[C@@H]1CCCO1. The van der Waals surface area contributed by atoms with Gasteiger partial charge in [-0.2, -0.15) is 0 Å². The number of hydrogen-bond acceptors (Lipinski definition) is 4. The fourth-order valence-electron chi connectivity index (χ4n) is 2.53. The van der Waals surface area contributed by atoms with Gasteiger partial charge in [0.2, 0.25) is 0 Å². The molecule has 2 atom stereocenters. The molecular formula is C12H19NO4. The van der Waals surface area contributed by atoms with Crippen molar-refractivity contribution in [1.82, 2.24) is 4.90 Å². The van der Waals surface area contributed by atoms with Crippen molar-refractivity contribution in [3.05, 3.63) is 0 Å². The van der Waals surface area contributed by atoms with Crippen molar-refractivity contribution in [1.29, 1.82) is 0 Å². The molecule has 0 aromatic carbocycles. The minimum atomic E-state index is -0.412. The Bertz CT molecular complexity index is 299. The van der Waals surface area contributed by atoms with E-state index in [9.17, 15) is 9.59 Å². The summed E-state index contributed by atoms with van der Waals surface area (Å²) >= 11 is 0. The number of hydrogen-bond donors (Lipinski definition) is 0. The number of likely N-dealkylation sites (tertiary alicyclic amines) is 1. The second-order valence-corrected chi connectivity index (χ2v) is 4.57. The summed E-state index contributed by atoms with van der Waals surface area (Å²) in [6.45, 7) is 1.28. The van der Waals surface area contributed by atoms with Crippen LogP contribution in [0.2, 0.25) is 0 Å². The lowest BCUT2D eigenvalue weighted by Gasteiger charge is -2.35. The molecule has 0 bridgehead atoms. The number of piperidine rings is 1. The molecule has 2 heterocycles. The van der Waals surface area contributed by atoms with Crippen LogP contribution in [0.1, 0.15) is 32.1 Å². The fourth-order valence-corrected chi connectivity index (χ4v) is 2.53. The van der Waals surface area contributed by atoms with Crippen LogP contribution >= 0.6 is 0 Å². The maximum Gasteiger partial charge on any atom is 0.328 e. The third-order valence-corrected chi connectivity index (χ3v) is 3.46. The van der Waals surface area contributed by atoms with Gasteiger partial charge in [0, 0.05) is 13.2 Å². The lowest BCUT2D eigenvalue weighted by Crippen LogP contribution is -2.51. The zero-order valence-electron chi connectivity index (χ0n) is 10.2. The quantitative estimate of drug-likeness (QED) is 0.668. The van der Waals surface area contributed by atoms with Crippen LogP contribution in [-0.2, 0) is 19.1 Å². The Kier molecular flexibility index (Phi) is 3.99. The number of amides is 1. The van der Waals surface area contributed by atoms with Crippen LogP contribution in [0.5, 0.6) is 0 Å². The molecule has 0 saturated carbocycles. The highest BCUT2D eigenvalue weighted by atomic mass is 16.5. The van der Waals surface area contributed by atoms with Gasteiger partial charge >= 0.3 is 5.97 Å². The molecule has 2 aliphatic rings. The van der Waals surface area contributed by atoms with E-state index in [4.69, 9.17) is 9.47 Å². The number of carbonyl (C=O) groups is 2. The zero-order chi connectivity index (χ0) is 12.3. The molecule has 0 aliphatic carbocycles. The van der Waals surface area contributed by atoms with E-state index >= 15 is 0 Å². The molecule has 17 heavy (non-hydrogen) atoms. The van der Waals surface area contributed by atoms with E-state index in [0.717, 1.165) is 25.7 Å². The molecular weight excluding hydrogens is 222 g/mol. The molecule has 0 spiro atoms. The van der Waals surface area contributed by atoms with Crippen molar-refractivity contribution in [2.75, 3.05) is 20.3 Å². The molecule has 2 saturated heterocycles. The number of carbonyl (C=O) groups excluding carboxylic acids is 2. The Balaban J connectivity index is 2.04. The van der Waals surface area contributed by atoms with Crippen molar-refractivity contribution in [3.63, 3.8) is 0 Å². The molecule has 0 aromatic rings. The highest BCUT2D eigenvalue weighted by Gasteiger charge is 2.37. The van der Waals surface area contributed by atoms with E-state index in [1.165, 1.54) is 7.11 Å². The van der Waals surface area contributed by atoms with Gasteiger partial charge in [-0.15, -0.1) is 0 Å². The van der Waals surface area contributed by atoms with Gasteiger partial charge in [0.1, 0.15) is 12.1 Å². The number of ether oxygens (including phenoxy) is 2. The van der Waals surface area contributed by atoms with E-state index in [-0.39, 0.29) is 18.0 Å². The van der Waals surface area contributed by atoms with Crippen LogP contribution in [0, 0.1) is 0 Å². The minimum absolute atomic E-state index is 0.0439. The molecule has 96 valence electrons. The normalized spacial score (nSPS) is 29.1. The molecule has 0 radical (unpaired) electrons. The van der Waals surface area contributed by atoms with Gasteiger partial charge in [-0.25, -0.2) is 4.79 Å². The van der Waals surface area contributed by atoms with E-state index < -0.39 is 6.04 Å². The van der Waals surface area contributed by atoms with Gasteiger partial charge in [-0.3, -0.25) is 4.79 Å². The molecule has 0 aromatic heterocycles. The molecule has 5 nitrogen and oxygen atoms in total. The summed E-state index contributed by atoms with van der Waals surface area (Å²) < 4.78 is 10.1. The Morgan fingerprint density at radius 1 is 1.24 bits per heavy atom. The molecule has 2 fully saturated rings. The average molecular weight is 241 g/mol. The van der Waals surface area contributed by atoms with Gasteiger partial charge in [0.25, 0.3) is 5.91 Å². The minimum Gasteiger partial charge on any atom is -0.467 e. The smallest absolute Gasteiger partial charge is 0.328 e. The second kappa shape index (κ2) is 5.49. The number of nitrogens with zero attached hydrogens (tertiary/aromatic N) is 1. The van der Waals surface area contributed by atoms with Crippen molar-refractivity contribution in [2.45, 2.75) is 44.2 Å². The fraction of sp³-hybridized carbons (Fsp3) is 0.833. The summed E-state index contributed by atoms with van der Waals surface area (Å²) in [5.41, 5.74) is 0. The van der Waals surface area contributed by atoms with Crippen LogP contribution in [0.3, 0.4) is 0 Å².